The molecule has 0 saturated heterocycles. The lowest BCUT2D eigenvalue weighted by Crippen LogP contribution is -2.21. The van der Waals surface area contributed by atoms with E-state index in [0.717, 1.165) is 18.7 Å². The van der Waals surface area contributed by atoms with Gasteiger partial charge in [0.25, 0.3) is 0 Å². The number of benzene rings is 1. The van der Waals surface area contributed by atoms with Crippen molar-refractivity contribution in [2.75, 3.05) is 23.7 Å². The lowest BCUT2D eigenvalue weighted by Gasteiger charge is -2.19. The van der Waals surface area contributed by atoms with Crippen molar-refractivity contribution in [1.29, 1.82) is 0 Å². The van der Waals surface area contributed by atoms with Gasteiger partial charge >= 0.3 is 0 Å². The molecule has 2 heteroatoms. The van der Waals surface area contributed by atoms with Gasteiger partial charge < -0.3 is 10.6 Å². The molecule has 0 aromatic heterocycles. The molecule has 2 N–H and O–H groups in total. The lowest BCUT2D eigenvalue weighted by atomic mass is 10.1. The molecule has 1 aliphatic rings. The van der Waals surface area contributed by atoms with Crippen LogP contribution in [0.2, 0.25) is 0 Å². The van der Waals surface area contributed by atoms with E-state index < -0.39 is 0 Å². The molecular formula is C18H30N2. The Bertz CT molecular complexity index is 400. The Morgan fingerprint density at radius 3 is 2.45 bits per heavy atom. The van der Waals surface area contributed by atoms with Crippen LogP contribution in [0.4, 0.5) is 11.4 Å². The van der Waals surface area contributed by atoms with Crippen LogP contribution in [-0.2, 0) is 6.42 Å². The molecule has 2 nitrogen and oxygen atoms in total. The largest absolute Gasteiger partial charge is 0.398 e. The molecule has 2 rings (SSSR count). The second kappa shape index (κ2) is 8.18. The average molecular weight is 274 g/mol. The van der Waals surface area contributed by atoms with Crippen molar-refractivity contribution >= 4 is 11.4 Å². The summed E-state index contributed by atoms with van der Waals surface area (Å²) in [5.74, 6) is 0. The predicted molar refractivity (Wildman–Crippen MR) is 89.4 cm³/mol. The first kappa shape index (κ1) is 15.2. The first-order chi connectivity index (χ1) is 9.83. The highest BCUT2D eigenvalue weighted by Crippen LogP contribution is 2.32. The molecule has 1 aromatic carbocycles. The fraction of sp³-hybridized carbons (Fsp3) is 0.667. The molecule has 0 saturated carbocycles. The second-order valence-electron chi connectivity index (χ2n) is 6.06. The molecule has 0 fully saturated rings. The van der Waals surface area contributed by atoms with Gasteiger partial charge in [0, 0.05) is 30.0 Å². The van der Waals surface area contributed by atoms with Crippen molar-refractivity contribution < 1.29 is 0 Å². The van der Waals surface area contributed by atoms with Gasteiger partial charge in [0.05, 0.1) is 0 Å². The van der Waals surface area contributed by atoms with Crippen molar-refractivity contribution in [2.24, 2.45) is 0 Å². The Morgan fingerprint density at radius 2 is 1.70 bits per heavy atom. The SMILES string of the molecule is CCCCCCCCCCN1CCc2c(N)cccc21. The molecule has 1 heterocycles. The molecule has 112 valence electrons. The summed E-state index contributed by atoms with van der Waals surface area (Å²) in [4.78, 5) is 2.52. The first-order valence-electron chi connectivity index (χ1n) is 8.45. The highest BCUT2D eigenvalue weighted by Gasteiger charge is 2.19. The Kier molecular flexibility index (Phi) is 6.23. The van der Waals surface area contributed by atoms with Crippen LogP contribution in [0.15, 0.2) is 18.2 Å². The molecule has 20 heavy (non-hydrogen) atoms. The van der Waals surface area contributed by atoms with E-state index in [2.05, 4.69) is 24.0 Å². The smallest absolute Gasteiger partial charge is 0.0420 e. The summed E-state index contributed by atoms with van der Waals surface area (Å²) >= 11 is 0. The number of rotatable bonds is 9. The van der Waals surface area contributed by atoms with Gasteiger partial charge in [-0.1, -0.05) is 57.9 Å². The fourth-order valence-corrected chi connectivity index (χ4v) is 3.20. The summed E-state index contributed by atoms with van der Waals surface area (Å²) in [7, 11) is 0. The van der Waals surface area contributed by atoms with Gasteiger partial charge in [-0.2, -0.15) is 0 Å². The lowest BCUT2D eigenvalue weighted by molar-refractivity contribution is 0.573. The van der Waals surface area contributed by atoms with Crippen LogP contribution in [-0.4, -0.2) is 13.1 Å². The molecule has 1 aromatic rings. The minimum atomic E-state index is 0.973. The van der Waals surface area contributed by atoms with Crippen LogP contribution in [0.3, 0.4) is 0 Å². The van der Waals surface area contributed by atoms with Crippen LogP contribution in [0.25, 0.3) is 0 Å². The number of fused-ring (bicyclic) bond motifs is 1. The van der Waals surface area contributed by atoms with Gasteiger partial charge in [-0.15, -0.1) is 0 Å². The summed E-state index contributed by atoms with van der Waals surface area (Å²) < 4.78 is 0. The molecule has 0 spiro atoms. The van der Waals surface area contributed by atoms with Gasteiger partial charge in [-0.3, -0.25) is 0 Å². The van der Waals surface area contributed by atoms with Crippen LogP contribution < -0.4 is 10.6 Å². The molecule has 0 atom stereocenters. The van der Waals surface area contributed by atoms with E-state index in [1.807, 2.05) is 6.07 Å². The number of unbranched alkanes of at least 4 members (excludes halogenated alkanes) is 7. The van der Waals surface area contributed by atoms with Crippen molar-refractivity contribution in [1.82, 2.24) is 0 Å². The van der Waals surface area contributed by atoms with E-state index in [9.17, 15) is 0 Å². The van der Waals surface area contributed by atoms with E-state index in [4.69, 9.17) is 5.73 Å². The molecule has 0 radical (unpaired) electrons. The summed E-state index contributed by atoms with van der Waals surface area (Å²) in [6.45, 7) is 4.63. The van der Waals surface area contributed by atoms with E-state index in [1.54, 1.807) is 0 Å². The van der Waals surface area contributed by atoms with Crippen molar-refractivity contribution in [3.8, 4) is 0 Å². The summed E-state index contributed by atoms with van der Waals surface area (Å²) in [6, 6.07) is 6.34. The van der Waals surface area contributed by atoms with Gasteiger partial charge in [0.15, 0.2) is 0 Å². The van der Waals surface area contributed by atoms with Crippen molar-refractivity contribution in [3.05, 3.63) is 23.8 Å². The number of nitrogens with two attached hydrogens (primary N) is 1. The third-order valence-corrected chi connectivity index (χ3v) is 4.44. The number of hydrogen-bond acceptors (Lipinski definition) is 2. The van der Waals surface area contributed by atoms with Crippen LogP contribution in [0, 0.1) is 0 Å². The zero-order valence-electron chi connectivity index (χ0n) is 13.0. The number of nitrogen functional groups attached to an aromatic ring is 1. The summed E-state index contributed by atoms with van der Waals surface area (Å²) in [6.07, 6.45) is 12.3. The number of nitrogens with zero attached hydrogens (tertiary/aromatic N) is 1. The average Bonchev–Trinajstić information content (AvgIpc) is 2.87. The highest BCUT2D eigenvalue weighted by molar-refractivity contribution is 5.68. The van der Waals surface area contributed by atoms with Crippen molar-refractivity contribution in [2.45, 2.75) is 64.7 Å². The van der Waals surface area contributed by atoms with Crippen LogP contribution in [0.1, 0.15) is 63.9 Å². The standard InChI is InChI=1S/C18H30N2/c1-2-3-4-5-6-7-8-9-14-20-15-13-16-17(19)11-10-12-18(16)20/h10-12H,2-9,13-15,19H2,1H3. The maximum atomic E-state index is 6.04. The second-order valence-corrected chi connectivity index (χ2v) is 6.06. The van der Waals surface area contributed by atoms with Crippen molar-refractivity contribution in [3.63, 3.8) is 0 Å². The highest BCUT2D eigenvalue weighted by atomic mass is 15.1. The Labute approximate surface area is 124 Å². The summed E-state index contributed by atoms with van der Waals surface area (Å²) in [5.41, 5.74) is 9.76. The molecule has 0 bridgehead atoms. The maximum absolute atomic E-state index is 6.04. The molecule has 0 unspecified atom stereocenters. The van der Waals surface area contributed by atoms with Gasteiger partial charge in [0.1, 0.15) is 0 Å². The zero-order valence-corrected chi connectivity index (χ0v) is 13.0. The third kappa shape index (κ3) is 4.16. The van der Waals surface area contributed by atoms with Crippen LogP contribution >= 0.6 is 0 Å². The van der Waals surface area contributed by atoms with Gasteiger partial charge in [0.2, 0.25) is 0 Å². The Hall–Kier alpha value is -1.18. The minimum Gasteiger partial charge on any atom is -0.398 e. The van der Waals surface area contributed by atoms with Crippen LogP contribution in [0.5, 0.6) is 0 Å². The van der Waals surface area contributed by atoms with E-state index >= 15 is 0 Å². The Balaban J connectivity index is 1.61. The topological polar surface area (TPSA) is 29.3 Å². The first-order valence-corrected chi connectivity index (χ1v) is 8.45. The third-order valence-electron chi connectivity index (χ3n) is 4.44. The normalized spacial score (nSPS) is 13.8. The predicted octanol–water partition coefficient (Wildman–Crippen LogP) is 4.77. The Morgan fingerprint density at radius 1 is 1.00 bits per heavy atom. The molecular weight excluding hydrogens is 244 g/mol. The minimum absolute atomic E-state index is 0.973. The zero-order chi connectivity index (χ0) is 14.2. The van der Waals surface area contributed by atoms with E-state index in [1.165, 1.54) is 69.2 Å². The van der Waals surface area contributed by atoms with Gasteiger partial charge in [-0.05, 0) is 25.0 Å². The monoisotopic (exact) mass is 274 g/mol. The molecule has 0 amide bonds. The molecule has 1 aliphatic heterocycles. The van der Waals surface area contributed by atoms with E-state index in [-0.39, 0.29) is 0 Å². The van der Waals surface area contributed by atoms with E-state index in [0.29, 0.717) is 0 Å². The number of hydrogen-bond donors (Lipinski definition) is 1. The van der Waals surface area contributed by atoms with Gasteiger partial charge in [-0.25, -0.2) is 0 Å². The maximum Gasteiger partial charge on any atom is 0.0420 e. The fourth-order valence-electron chi connectivity index (χ4n) is 3.20. The quantitative estimate of drug-likeness (QED) is 0.519. The molecule has 0 aliphatic carbocycles. The number of anilines is 2. The summed E-state index contributed by atoms with van der Waals surface area (Å²) in [5, 5.41) is 0.